The molecule has 1 aromatic heterocycles. The van der Waals surface area contributed by atoms with Crippen LogP contribution in [0.15, 0.2) is 35.1 Å². The third-order valence-corrected chi connectivity index (χ3v) is 3.29. The van der Waals surface area contributed by atoms with Crippen molar-refractivity contribution in [2.45, 2.75) is 6.54 Å². The molecule has 6 heteroatoms. The Balaban J connectivity index is 2.36. The van der Waals surface area contributed by atoms with Gasteiger partial charge in [-0.15, -0.1) is 0 Å². The monoisotopic (exact) mass is 322 g/mol. The quantitative estimate of drug-likeness (QED) is 0.944. The molecular weight excluding hydrogens is 315 g/mol. The highest BCUT2D eigenvalue weighted by atomic mass is 79.9. The van der Waals surface area contributed by atoms with Crippen molar-refractivity contribution in [3.63, 3.8) is 0 Å². The number of nitrogens with zero attached hydrogens (tertiary/aromatic N) is 2. The molecule has 1 heterocycles. The SMILES string of the molecule is N#Cc1ccc(F)c(Cn2cc(C(=O)O)cc2Br)c1. The van der Waals surface area contributed by atoms with Crippen molar-refractivity contribution in [2.24, 2.45) is 0 Å². The van der Waals surface area contributed by atoms with Crippen LogP contribution < -0.4 is 0 Å². The molecule has 19 heavy (non-hydrogen) atoms. The van der Waals surface area contributed by atoms with Crippen molar-refractivity contribution in [2.75, 3.05) is 0 Å². The second kappa shape index (κ2) is 5.24. The summed E-state index contributed by atoms with van der Waals surface area (Å²) in [6.45, 7) is 0.148. The summed E-state index contributed by atoms with van der Waals surface area (Å²) in [5.74, 6) is -1.48. The number of benzene rings is 1. The Kier molecular flexibility index (Phi) is 3.67. The van der Waals surface area contributed by atoms with Gasteiger partial charge in [0.25, 0.3) is 0 Å². The van der Waals surface area contributed by atoms with Gasteiger partial charge in [-0.2, -0.15) is 5.26 Å². The minimum Gasteiger partial charge on any atom is -0.478 e. The summed E-state index contributed by atoms with van der Waals surface area (Å²) in [7, 11) is 0. The molecule has 0 spiro atoms. The molecule has 0 amide bonds. The number of rotatable bonds is 3. The zero-order chi connectivity index (χ0) is 14.0. The van der Waals surface area contributed by atoms with Crippen LogP contribution >= 0.6 is 15.9 Å². The van der Waals surface area contributed by atoms with E-state index >= 15 is 0 Å². The lowest BCUT2D eigenvalue weighted by atomic mass is 10.1. The summed E-state index contributed by atoms with van der Waals surface area (Å²) in [5, 5.41) is 17.7. The Labute approximate surface area is 116 Å². The summed E-state index contributed by atoms with van der Waals surface area (Å²) in [5.41, 5.74) is 0.800. The fourth-order valence-electron chi connectivity index (χ4n) is 1.67. The van der Waals surface area contributed by atoms with Crippen molar-refractivity contribution in [3.8, 4) is 6.07 Å². The van der Waals surface area contributed by atoms with Gasteiger partial charge in [0.15, 0.2) is 0 Å². The average Bonchev–Trinajstić information content (AvgIpc) is 2.74. The Bertz CT molecular complexity index is 688. The lowest BCUT2D eigenvalue weighted by Crippen LogP contribution is -2.02. The first-order chi connectivity index (χ1) is 9.01. The maximum atomic E-state index is 13.6. The zero-order valence-electron chi connectivity index (χ0n) is 9.60. The average molecular weight is 323 g/mol. The maximum Gasteiger partial charge on any atom is 0.337 e. The number of carboxylic acids is 1. The minimum atomic E-state index is -1.05. The zero-order valence-corrected chi connectivity index (χ0v) is 11.2. The number of carboxylic acid groups (broad SMARTS) is 1. The summed E-state index contributed by atoms with van der Waals surface area (Å²) in [6.07, 6.45) is 1.41. The Morgan fingerprint density at radius 3 is 2.79 bits per heavy atom. The smallest absolute Gasteiger partial charge is 0.337 e. The molecule has 0 saturated heterocycles. The number of aromatic nitrogens is 1. The van der Waals surface area contributed by atoms with Crippen LogP contribution in [0.3, 0.4) is 0 Å². The molecule has 0 aliphatic heterocycles. The van der Waals surface area contributed by atoms with E-state index in [4.69, 9.17) is 10.4 Å². The van der Waals surface area contributed by atoms with Crippen LogP contribution in [0.25, 0.3) is 0 Å². The molecule has 2 rings (SSSR count). The van der Waals surface area contributed by atoms with Gasteiger partial charge in [-0.25, -0.2) is 9.18 Å². The molecule has 0 aliphatic rings. The Morgan fingerprint density at radius 1 is 1.47 bits per heavy atom. The van der Waals surface area contributed by atoms with E-state index in [-0.39, 0.29) is 12.1 Å². The Morgan fingerprint density at radius 2 is 2.21 bits per heavy atom. The minimum absolute atomic E-state index is 0.115. The molecule has 0 atom stereocenters. The standard InChI is InChI=1S/C13H8BrFN2O2/c14-12-4-10(13(18)19)7-17(12)6-9-3-8(5-16)1-2-11(9)15/h1-4,7H,6H2,(H,18,19). The van der Waals surface area contributed by atoms with Gasteiger partial charge in [-0.1, -0.05) is 0 Å². The van der Waals surface area contributed by atoms with Crippen molar-refractivity contribution in [1.29, 1.82) is 5.26 Å². The van der Waals surface area contributed by atoms with Crippen LogP contribution in [0, 0.1) is 17.1 Å². The van der Waals surface area contributed by atoms with Crippen molar-refractivity contribution >= 4 is 21.9 Å². The number of hydrogen-bond acceptors (Lipinski definition) is 2. The van der Waals surface area contributed by atoms with Gasteiger partial charge in [-0.05, 0) is 40.2 Å². The second-order valence-electron chi connectivity index (χ2n) is 3.90. The van der Waals surface area contributed by atoms with Crippen LogP contribution in [0.1, 0.15) is 21.5 Å². The highest BCUT2D eigenvalue weighted by molar-refractivity contribution is 9.10. The molecule has 0 unspecified atom stereocenters. The highest BCUT2D eigenvalue weighted by Crippen LogP contribution is 2.19. The molecule has 0 saturated carbocycles. The van der Waals surface area contributed by atoms with Crippen LogP contribution in [-0.4, -0.2) is 15.6 Å². The molecule has 0 bridgehead atoms. The van der Waals surface area contributed by atoms with Crippen molar-refractivity contribution < 1.29 is 14.3 Å². The van der Waals surface area contributed by atoms with Gasteiger partial charge in [0.1, 0.15) is 5.82 Å². The molecule has 0 aliphatic carbocycles. The lowest BCUT2D eigenvalue weighted by Gasteiger charge is -2.06. The van der Waals surface area contributed by atoms with E-state index in [1.54, 1.807) is 4.57 Å². The van der Waals surface area contributed by atoms with E-state index in [9.17, 15) is 9.18 Å². The van der Waals surface area contributed by atoms with Crippen molar-refractivity contribution in [3.05, 3.63) is 57.6 Å². The van der Waals surface area contributed by atoms with E-state index in [0.717, 1.165) is 0 Å². The van der Waals surface area contributed by atoms with Crippen LogP contribution in [0.2, 0.25) is 0 Å². The fraction of sp³-hybridized carbons (Fsp3) is 0.0769. The summed E-state index contributed by atoms with van der Waals surface area (Å²) < 4.78 is 15.7. The summed E-state index contributed by atoms with van der Waals surface area (Å²) in [6, 6.07) is 7.44. The van der Waals surface area contributed by atoms with E-state index in [2.05, 4.69) is 15.9 Å². The van der Waals surface area contributed by atoms with E-state index in [1.165, 1.54) is 30.5 Å². The topological polar surface area (TPSA) is 66.0 Å². The Hall–Kier alpha value is -2.13. The van der Waals surface area contributed by atoms with Gasteiger partial charge in [-0.3, -0.25) is 0 Å². The number of halogens is 2. The first-order valence-corrected chi connectivity index (χ1v) is 6.08. The summed E-state index contributed by atoms with van der Waals surface area (Å²) in [4.78, 5) is 10.8. The molecule has 0 fully saturated rings. The number of hydrogen-bond donors (Lipinski definition) is 1. The molecule has 2 aromatic rings. The lowest BCUT2D eigenvalue weighted by molar-refractivity contribution is 0.0697. The molecule has 0 radical (unpaired) electrons. The number of carbonyl (C=O) groups is 1. The van der Waals surface area contributed by atoms with Gasteiger partial charge in [0.2, 0.25) is 0 Å². The highest BCUT2D eigenvalue weighted by Gasteiger charge is 2.11. The molecule has 1 aromatic carbocycles. The largest absolute Gasteiger partial charge is 0.478 e. The van der Waals surface area contributed by atoms with Crippen LogP contribution in [0.5, 0.6) is 0 Å². The first kappa shape index (κ1) is 13.3. The number of aromatic carboxylic acids is 1. The first-order valence-electron chi connectivity index (χ1n) is 5.28. The van der Waals surface area contributed by atoms with Crippen molar-refractivity contribution in [1.82, 2.24) is 4.57 Å². The van der Waals surface area contributed by atoms with Gasteiger partial charge in [0.05, 0.1) is 28.3 Å². The third-order valence-electron chi connectivity index (χ3n) is 2.61. The normalized spacial score (nSPS) is 10.2. The predicted octanol–water partition coefficient (Wildman–Crippen LogP) is 3.01. The van der Waals surface area contributed by atoms with E-state index in [0.29, 0.717) is 15.7 Å². The van der Waals surface area contributed by atoms with E-state index in [1.807, 2.05) is 6.07 Å². The van der Waals surface area contributed by atoms with Gasteiger partial charge < -0.3 is 9.67 Å². The van der Waals surface area contributed by atoms with E-state index < -0.39 is 11.8 Å². The van der Waals surface area contributed by atoms with Gasteiger partial charge >= 0.3 is 5.97 Å². The van der Waals surface area contributed by atoms with Crippen LogP contribution in [0.4, 0.5) is 4.39 Å². The fourth-order valence-corrected chi connectivity index (χ4v) is 2.14. The second-order valence-corrected chi connectivity index (χ2v) is 4.72. The number of nitriles is 1. The predicted molar refractivity (Wildman–Crippen MR) is 69.3 cm³/mol. The molecule has 4 nitrogen and oxygen atoms in total. The third kappa shape index (κ3) is 2.83. The molecule has 1 N–H and O–H groups in total. The molecular formula is C13H8BrFN2O2. The summed E-state index contributed by atoms with van der Waals surface area (Å²) >= 11 is 3.22. The van der Waals surface area contributed by atoms with Crippen LogP contribution in [-0.2, 0) is 6.54 Å². The maximum absolute atomic E-state index is 13.6. The molecule has 96 valence electrons. The van der Waals surface area contributed by atoms with Gasteiger partial charge in [0, 0.05) is 11.8 Å².